The predicted molar refractivity (Wildman–Crippen MR) is 154 cm³/mol. The summed E-state index contributed by atoms with van der Waals surface area (Å²) in [5.74, 6) is -0.477. The van der Waals surface area contributed by atoms with E-state index in [2.05, 4.69) is 20.2 Å². The quantitative estimate of drug-likeness (QED) is 0.511. The molecule has 2 aromatic heterocycles. The van der Waals surface area contributed by atoms with Crippen LogP contribution in [0, 0.1) is 5.41 Å². The average molecular weight is 543 g/mol. The Kier molecular flexibility index (Phi) is 6.76. The zero-order chi connectivity index (χ0) is 28.0. The highest BCUT2D eigenvalue weighted by molar-refractivity contribution is 6.00. The lowest BCUT2D eigenvalue weighted by atomic mass is 9.85. The summed E-state index contributed by atoms with van der Waals surface area (Å²) in [6.45, 7) is 8.91. The number of nitrogens with one attached hydrogen (secondary N) is 2. The first kappa shape index (κ1) is 26.3. The van der Waals surface area contributed by atoms with E-state index in [1.165, 1.54) is 19.3 Å². The molecule has 0 unspecified atom stereocenters. The van der Waals surface area contributed by atoms with Crippen molar-refractivity contribution in [2.45, 2.75) is 64.6 Å². The van der Waals surface area contributed by atoms with Crippen LogP contribution in [0.4, 0.5) is 5.69 Å². The summed E-state index contributed by atoms with van der Waals surface area (Å²) in [5, 5.41) is 3.95. The molecule has 2 N–H and O–H groups in total. The van der Waals surface area contributed by atoms with Gasteiger partial charge in [-0.25, -0.2) is 4.98 Å². The number of H-pyrrole nitrogens is 1. The number of carbonyl (C=O) groups excluding carboxylic acids is 3. The number of aromatic nitrogens is 2. The highest BCUT2D eigenvalue weighted by atomic mass is 16.2. The second-order valence-electron chi connectivity index (χ2n) is 12.5. The van der Waals surface area contributed by atoms with Crippen LogP contribution in [0.15, 0.2) is 48.7 Å². The average Bonchev–Trinajstić information content (AvgIpc) is 3.69. The summed E-state index contributed by atoms with van der Waals surface area (Å²) in [7, 11) is 0. The maximum absolute atomic E-state index is 13.8. The van der Waals surface area contributed by atoms with Crippen molar-refractivity contribution in [1.82, 2.24) is 25.1 Å². The van der Waals surface area contributed by atoms with E-state index in [1.807, 2.05) is 79.2 Å². The Morgan fingerprint density at radius 2 is 1.70 bits per heavy atom. The number of pyridine rings is 1. The fourth-order valence-electron chi connectivity index (χ4n) is 6.40. The molecule has 0 radical (unpaired) electrons. The first-order valence-electron chi connectivity index (χ1n) is 14.4. The van der Waals surface area contributed by atoms with E-state index in [-0.39, 0.29) is 29.8 Å². The summed E-state index contributed by atoms with van der Waals surface area (Å²) in [6.07, 6.45) is 6.21. The molecule has 9 heteroatoms. The van der Waals surface area contributed by atoms with Gasteiger partial charge in [0.15, 0.2) is 0 Å². The predicted octanol–water partition coefficient (Wildman–Crippen LogP) is 3.82. The fourth-order valence-corrected chi connectivity index (χ4v) is 6.40. The molecule has 2 bridgehead atoms. The van der Waals surface area contributed by atoms with E-state index in [1.54, 1.807) is 0 Å². The van der Waals surface area contributed by atoms with Crippen molar-refractivity contribution in [2.24, 2.45) is 5.41 Å². The van der Waals surface area contributed by atoms with Crippen molar-refractivity contribution < 1.29 is 14.4 Å². The molecule has 5 heterocycles. The van der Waals surface area contributed by atoms with Gasteiger partial charge in [0.25, 0.3) is 11.8 Å². The molecule has 3 aliphatic rings. The van der Waals surface area contributed by atoms with E-state index in [0.29, 0.717) is 24.5 Å². The molecule has 40 heavy (non-hydrogen) atoms. The van der Waals surface area contributed by atoms with Crippen molar-refractivity contribution in [3.05, 3.63) is 60.0 Å². The van der Waals surface area contributed by atoms with E-state index in [4.69, 9.17) is 0 Å². The summed E-state index contributed by atoms with van der Waals surface area (Å²) in [5.41, 5.74) is 2.34. The molecule has 3 aromatic rings. The van der Waals surface area contributed by atoms with Gasteiger partial charge >= 0.3 is 0 Å². The smallest absolute Gasteiger partial charge is 0.272 e. The first-order chi connectivity index (χ1) is 19.2. The first-order valence-corrected chi connectivity index (χ1v) is 14.4. The van der Waals surface area contributed by atoms with Crippen molar-refractivity contribution in [2.75, 3.05) is 31.1 Å². The highest BCUT2D eigenvalue weighted by Gasteiger charge is 2.50. The molecule has 6 rings (SSSR count). The SMILES string of the molecule is CC(C)(C)[C@H](NC(=O)c1cc2ccccc2[nH]1)C(=O)N1C[C@@H]2C[C@H]1CN2C(=O)c1ccc(N2CCCCC2)cn1. The van der Waals surface area contributed by atoms with Crippen molar-refractivity contribution in [3.63, 3.8) is 0 Å². The van der Waals surface area contributed by atoms with Gasteiger partial charge in [0.2, 0.25) is 5.91 Å². The number of piperazine rings is 1. The zero-order valence-electron chi connectivity index (χ0n) is 23.5. The molecular formula is C31H38N6O3. The number of anilines is 1. The third kappa shape index (κ3) is 4.93. The van der Waals surface area contributed by atoms with Crippen LogP contribution in [0.1, 0.15) is 67.4 Å². The van der Waals surface area contributed by atoms with Crippen LogP contribution >= 0.6 is 0 Å². The molecule has 3 fully saturated rings. The molecule has 9 nitrogen and oxygen atoms in total. The van der Waals surface area contributed by atoms with Gasteiger partial charge in [-0.1, -0.05) is 39.0 Å². The summed E-state index contributed by atoms with van der Waals surface area (Å²) in [6, 6.07) is 12.5. The van der Waals surface area contributed by atoms with E-state index < -0.39 is 11.5 Å². The van der Waals surface area contributed by atoms with Gasteiger partial charge in [-0.05, 0) is 55.4 Å². The van der Waals surface area contributed by atoms with Gasteiger partial charge in [-0.2, -0.15) is 0 Å². The molecule has 0 saturated carbocycles. The van der Waals surface area contributed by atoms with Gasteiger partial charge < -0.3 is 25.0 Å². The molecule has 1 aromatic carbocycles. The Balaban J connectivity index is 1.11. The Hall–Kier alpha value is -3.88. The van der Waals surface area contributed by atoms with Crippen molar-refractivity contribution >= 4 is 34.3 Å². The number of piperidine rings is 1. The van der Waals surface area contributed by atoms with Crippen LogP contribution in [0.5, 0.6) is 0 Å². The number of benzene rings is 1. The molecule has 3 aliphatic heterocycles. The number of hydrogen-bond acceptors (Lipinski definition) is 5. The molecule has 0 aliphatic carbocycles. The van der Waals surface area contributed by atoms with Crippen LogP contribution < -0.4 is 10.2 Å². The molecule has 3 amide bonds. The largest absolute Gasteiger partial charge is 0.370 e. The highest BCUT2D eigenvalue weighted by Crippen LogP contribution is 2.34. The molecule has 3 saturated heterocycles. The summed E-state index contributed by atoms with van der Waals surface area (Å²) < 4.78 is 0. The van der Waals surface area contributed by atoms with E-state index >= 15 is 0 Å². The van der Waals surface area contributed by atoms with Crippen LogP contribution in [0.2, 0.25) is 0 Å². The van der Waals surface area contributed by atoms with Crippen LogP contribution in [0.3, 0.4) is 0 Å². The van der Waals surface area contributed by atoms with Crippen LogP contribution in [-0.4, -0.2) is 81.8 Å². The van der Waals surface area contributed by atoms with Crippen molar-refractivity contribution in [1.29, 1.82) is 0 Å². The van der Waals surface area contributed by atoms with Gasteiger partial charge in [0.05, 0.1) is 24.0 Å². The zero-order valence-corrected chi connectivity index (χ0v) is 23.5. The Morgan fingerprint density at radius 3 is 2.35 bits per heavy atom. The third-order valence-electron chi connectivity index (χ3n) is 8.64. The number of nitrogens with zero attached hydrogens (tertiary/aromatic N) is 4. The minimum Gasteiger partial charge on any atom is -0.370 e. The van der Waals surface area contributed by atoms with Gasteiger partial charge in [-0.15, -0.1) is 0 Å². The molecular weight excluding hydrogens is 504 g/mol. The lowest BCUT2D eigenvalue weighted by molar-refractivity contribution is -0.138. The number of para-hydroxylation sites is 1. The van der Waals surface area contributed by atoms with E-state index in [9.17, 15) is 14.4 Å². The van der Waals surface area contributed by atoms with Gasteiger partial charge in [0, 0.05) is 37.1 Å². The summed E-state index contributed by atoms with van der Waals surface area (Å²) in [4.78, 5) is 54.1. The van der Waals surface area contributed by atoms with Gasteiger partial charge in [-0.3, -0.25) is 14.4 Å². The number of amides is 3. The van der Waals surface area contributed by atoms with Crippen LogP contribution in [0.25, 0.3) is 10.9 Å². The number of carbonyl (C=O) groups is 3. The second kappa shape index (κ2) is 10.3. The number of hydrogen-bond donors (Lipinski definition) is 2. The lowest BCUT2D eigenvalue weighted by Gasteiger charge is -2.39. The minimum absolute atomic E-state index is 0.0463. The monoisotopic (exact) mass is 542 g/mol. The third-order valence-corrected chi connectivity index (χ3v) is 8.64. The number of fused-ring (bicyclic) bond motifs is 3. The molecule has 0 spiro atoms. The Bertz CT molecular complexity index is 1390. The van der Waals surface area contributed by atoms with Crippen molar-refractivity contribution in [3.8, 4) is 0 Å². The Morgan fingerprint density at radius 1 is 0.975 bits per heavy atom. The lowest BCUT2D eigenvalue weighted by Crippen LogP contribution is -2.59. The standard InChI is InChI=1S/C31H38N6O3/c1-31(2,3)27(34-28(38)26-15-20-9-5-6-10-24(20)33-26)30(40)37-19-22-16-23(37)18-36(22)29(39)25-12-11-21(17-32-25)35-13-7-4-8-14-35/h5-6,9-12,15,17,22-23,27,33H,4,7-8,13-14,16,18-19H2,1-3H3,(H,34,38)/t22-,23-,27+/m0/s1. The normalized spacial score (nSPS) is 21.6. The number of rotatable bonds is 5. The van der Waals surface area contributed by atoms with E-state index in [0.717, 1.165) is 36.1 Å². The second-order valence-corrected chi connectivity index (χ2v) is 12.5. The summed E-state index contributed by atoms with van der Waals surface area (Å²) >= 11 is 0. The van der Waals surface area contributed by atoms with Gasteiger partial charge in [0.1, 0.15) is 17.4 Å². The molecule has 210 valence electrons. The number of aromatic amines is 1. The fraction of sp³-hybridized carbons (Fsp3) is 0.484. The topological polar surface area (TPSA) is 102 Å². The van der Waals surface area contributed by atoms with Crippen LogP contribution in [-0.2, 0) is 4.79 Å². The Labute approximate surface area is 234 Å². The molecule has 3 atom stereocenters. The maximum atomic E-state index is 13.8. The minimum atomic E-state index is -0.695. The number of likely N-dealkylation sites (tertiary alicyclic amines) is 2. The maximum Gasteiger partial charge on any atom is 0.272 e.